The van der Waals surface area contributed by atoms with Crippen molar-refractivity contribution in [2.45, 2.75) is 26.1 Å². The molecule has 0 saturated carbocycles. The van der Waals surface area contributed by atoms with Crippen LogP contribution in [0.3, 0.4) is 0 Å². The maximum atomic E-state index is 11.7. The van der Waals surface area contributed by atoms with Gasteiger partial charge in [0.05, 0.1) is 5.75 Å². The largest absolute Gasteiger partial charge is 0.385 e. The van der Waals surface area contributed by atoms with Gasteiger partial charge in [-0.25, -0.2) is 13.1 Å². The van der Waals surface area contributed by atoms with E-state index in [0.29, 0.717) is 19.6 Å². The van der Waals surface area contributed by atoms with E-state index >= 15 is 0 Å². The Morgan fingerprint density at radius 2 is 2.11 bits per heavy atom. The zero-order chi connectivity index (χ0) is 13.7. The summed E-state index contributed by atoms with van der Waals surface area (Å²) in [5.74, 6) is 0.105. The van der Waals surface area contributed by atoms with Crippen molar-refractivity contribution < 1.29 is 13.2 Å². The topological polar surface area (TPSA) is 67.4 Å². The molecule has 0 aliphatic carbocycles. The number of methoxy groups -OCH3 is 1. The molecule has 5 nitrogen and oxygen atoms in total. The number of benzene rings is 1. The average Bonchev–Trinajstić information content (AvgIpc) is 2.84. The van der Waals surface area contributed by atoms with Gasteiger partial charge in [-0.15, -0.1) is 0 Å². The summed E-state index contributed by atoms with van der Waals surface area (Å²) >= 11 is 0. The number of fused-ring (bicyclic) bond motifs is 1. The molecule has 1 heterocycles. The van der Waals surface area contributed by atoms with Crippen molar-refractivity contribution >= 4 is 10.0 Å². The van der Waals surface area contributed by atoms with E-state index in [0.717, 1.165) is 18.7 Å². The quantitative estimate of drug-likeness (QED) is 0.725. The second kappa shape index (κ2) is 6.47. The highest BCUT2D eigenvalue weighted by Crippen LogP contribution is 2.17. The Labute approximate surface area is 114 Å². The Bertz CT molecular complexity index is 529. The molecule has 106 valence electrons. The third-order valence-corrected chi connectivity index (χ3v) is 4.57. The molecule has 0 spiro atoms. The monoisotopic (exact) mass is 284 g/mol. The van der Waals surface area contributed by atoms with E-state index in [9.17, 15) is 8.42 Å². The van der Waals surface area contributed by atoms with Crippen molar-refractivity contribution in [3.05, 3.63) is 34.9 Å². The molecule has 0 radical (unpaired) electrons. The predicted octanol–water partition coefficient (Wildman–Crippen LogP) is 0.746. The molecule has 0 amide bonds. The van der Waals surface area contributed by atoms with Crippen LogP contribution in [0.2, 0.25) is 0 Å². The molecular formula is C13H20N2O3S. The van der Waals surface area contributed by atoms with Crippen LogP contribution in [-0.4, -0.2) is 27.9 Å². The van der Waals surface area contributed by atoms with Crippen LogP contribution in [0.5, 0.6) is 0 Å². The van der Waals surface area contributed by atoms with Gasteiger partial charge in [0.1, 0.15) is 0 Å². The maximum Gasteiger partial charge on any atom is 0.211 e. The third kappa shape index (κ3) is 4.28. The molecule has 2 N–H and O–H groups in total. The highest BCUT2D eigenvalue weighted by molar-refractivity contribution is 7.89. The van der Waals surface area contributed by atoms with Gasteiger partial charge in [-0.2, -0.15) is 0 Å². The summed E-state index contributed by atoms with van der Waals surface area (Å²) < 4.78 is 30.9. The van der Waals surface area contributed by atoms with Gasteiger partial charge in [0.25, 0.3) is 0 Å². The second-order valence-electron chi connectivity index (χ2n) is 4.69. The van der Waals surface area contributed by atoms with Crippen molar-refractivity contribution in [3.63, 3.8) is 0 Å². The third-order valence-electron chi connectivity index (χ3n) is 3.16. The molecule has 0 bridgehead atoms. The Kier molecular flexibility index (Phi) is 4.93. The van der Waals surface area contributed by atoms with Crippen LogP contribution in [0.25, 0.3) is 0 Å². The van der Waals surface area contributed by atoms with Gasteiger partial charge < -0.3 is 10.1 Å². The fourth-order valence-corrected chi connectivity index (χ4v) is 3.15. The smallest absolute Gasteiger partial charge is 0.211 e. The summed E-state index contributed by atoms with van der Waals surface area (Å²) in [4.78, 5) is 0. The zero-order valence-corrected chi connectivity index (χ0v) is 11.9. The van der Waals surface area contributed by atoms with Crippen LogP contribution in [-0.2, 0) is 34.4 Å². The second-order valence-corrected chi connectivity index (χ2v) is 6.62. The summed E-state index contributed by atoms with van der Waals surface area (Å²) in [6.07, 6.45) is 0.514. The Balaban J connectivity index is 1.88. The lowest BCUT2D eigenvalue weighted by atomic mass is 10.1. The molecule has 1 aliphatic heterocycles. The SMILES string of the molecule is COCCCS(=O)(=O)NCc1ccc2c(c1)CNC2. The summed E-state index contributed by atoms with van der Waals surface area (Å²) in [5, 5.41) is 3.27. The highest BCUT2D eigenvalue weighted by atomic mass is 32.2. The van der Waals surface area contributed by atoms with E-state index in [-0.39, 0.29) is 5.75 Å². The predicted molar refractivity (Wildman–Crippen MR) is 74.1 cm³/mol. The van der Waals surface area contributed by atoms with E-state index < -0.39 is 10.0 Å². The van der Waals surface area contributed by atoms with Crippen LogP contribution < -0.4 is 10.0 Å². The Hall–Kier alpha value is -0.950. The summed E-state index contributed by atoms with van der Waals surface area (Å²) in [7, 11) is -1.64. The number of ether oxygens (including phenoxy) is 1. The summed E-state index contributed by atoms with van der Waals surface area (Å²) in [6.45, 7) is 2.58. The first kappa shape index (κ1) is 14.5. The first-order valence-corrected chi connectivity index (χ1v) is 8.03. The van der Waals surface area contributed by atoms with Crippen molar-refractivity contribution in [1.82, 2.24) is 10.0 Å². The maximum absolute atomic E-state index is 11.7. The van der Waals surface area contributed by atoms with Gasteiger partial charge in [0.15, 0.2) is 0 Å². The lowest BCUT2D eigenvalue weighted by Gasteiger charge is -2.08. The van der Waals surface area contributed by atoms with E-state index in [2.05, 4.69) is 22.2 Å². The molecule has 2 rings (SSSR count). The molecule has 0 aromatic heterocycles. The normalized spacial score (nSPS) is 14.6. The molecule has 0 unspecified atom stereocenters. The molecule has 1 aliphatic rings. The van der Waals surface area contributed by atoms with Crippen molar-refractivity contribution in [1.29, 1.82) is 0 Å². The summed E-state index contributed by atoms with van der Waals surface area (Å²) in [6, 6.07) is 6.10. The fraction of sp³-hybridized carbons (Fsp3) is 0.538. The first-order valence-electron chi connectivity index (χ1n) is 6.38. The molecule has 1 aromatic rings. The first-order chi connectivity index (χ1) is 9.11. The van der Waals surface area contributed by atoms with E-state index in [1.54, 1.807) is 7.11 Å². The highest BCUT2D eigenvalue weighted by Gasteiger charge is 2.12. The Morgan fingerprint density at radius 1 is 1.32 bits per heavy atom. The number of hydrogen-bond acceptors (Lipinski definition) is 4. The van der Waals surface area contributed by atoms with Gasteiger partial charge in [-0.1, -0.05) is 18.2 Å². The Morgan fingerprint density at radius 3 is 2.89 bits per heavy atom. The number of hydrogen-bond donors (Lipinski definition) is 2. The molecule has 0 saturated heterocycles. The molecule has 19 heavy (non-hydrogen) atoms. The number of sulfonamides is 1. The molecular weight excluding hydrogens is 264 g/mol. The molecule has 1 aromatic carbocycles. The minimum absolute atomic E-state index is 0.105. The van der Waals surface area contributed by atoms with Crippen LogP contribution in [0, 0.1) is 0 Å². The van der Waals surface area contributed by atoms with Crippen LogP contribution in [0.4, 0.5) is 0 Å². The molecule has 0 fully saturated rings. The van der Waals surface area contributed by atoms with Crippen molar-refractivity contribution in [2.24, 2.45) is 0 Å². The van der Waals surface area contributed by atoms with Gasteiger partial charge in [-0.3, -0.25) is 0 Å². The van der Waals surface area contributed by atoms with E-state index in [1.807, 2.05) is 6.07 Å². The number of rotatable bonds is 7. The molecule has 6 heteroatoms. The summed E-state index contributed by atoms with van der Waals surface area (Å²) in [5.41, 5.74) is 3.56. The molecule has 0 atom stereocenters. The standard InChI is InChI=1S/C13H20N2O3S/c1-18-5-2-6-19(16,17)15-8-11-3-4-12-9-14-10-13(12)7-11/h3-4,7,14-15H,2,5-6,8-10H2,1H3. The van der Waals surface area contributed by atoms with Gasteiger partial charge >= 0.3 is 0 Å². The zero-order valence-electron chi connectivity index (χ0n) is 11.1. The minimum Gasteiger partial charge on any atom is -0.385 e. The lowest BCUT2D eigenvalue weighted by Crippen LogP contribution is -2.26. The van der Waals surface area contributed by atoms with Gasteiger partial charge in [-0.05, 0) is 23.1 Å². The van der Waals surface area contributed by atoms with Crippen LogP contribution in [0.15, 0.2) is 18.2 Å². The number of nitrogens with one attached hydrogen (secondary N) is 2. The lowest BCUT2D eigenvalue weighted by molar-refractivity contribution is 0.199. The van der Waals surface area contributed by atoms with Crippen LogP contribution in [0.1, 0.15) is 23.1 Å². The van der Waals surface area contributed by atoms with Crippen LogP contribution >= 0.6 is 0 Å². The van der Waals surface area contributed by atoms with E-state index in [4.69, 9.17) is 4.74 Å². The van der Waals surface area contributed by atoms with E-state index in [1.165, 1.54) is 11.1 Å². The van der Waals surface area contributed by atoms with Crippen molar-refractivity contribution in [3.8, 4) is 0 Å². The van der Waals surface area contributed by atoms with Gasteiger partial charge in [0.2, 0.25) is 10.0 Å². The average molecular weight is 284 g/mol. The van der Waals surface area contributed by atoms with Gasteiger partial charge in [0, 0.05) is 33.4 Å². The minimum atomic E-state index is -3.21. The van der Waals surface area contributed by atoms with Crippen molar-refractivity contribution in [2.75, 3.05) is 19.5 Å². The fourth-order valence-electron chi connectivity index (χ4n) is 2.12.